The van der Waals surface area contributed by atoms with Gasteiger partial charge in [-0.25, -0.2) is 0 Å². The first-order valence-corrected chi connectivity index (χ1v) is 7.64. The van der Waals surface area contributed by atoms with Crippen LogP contribution in [0.3, 0.4) is 0 Å². The highest BCUT2D eigenvalue weighted by Gasteiger charge is 2.18. The first kappa shape index (κ1) is 14.6. The third-order valence-electron chi connectivity index (χ3n) is 3.97. The monoisotopic (exact) mass is 300 g/mol. The number of hydrogen-bond donors (Lipinski definition) is 0. The molecule has 0 unspecified atom stereocenters. The molecule has 0 bridgehead atoms. The van der Waals surface area contributed by atoms with Crippen LogP contribution in [0.15, 0.2) is 34.9 Å². The van der Waals surface area contributed by atoms with Gasteiger partial charge in [0.1, 0.15) is 5.75 Å². The topological polar surface area (TPSA) is 55.6 Å². The Labute approximate surface area is 129 Å². The zero-order valence-corrected chi connectivity index (χ0v) is 12.7. The van der Waals surface area contributed by atoms with Gasteiger partial charge < -0.3 is 14.2 Å². The van der Waals surface area contributed by atoms with Gasteiger partial charge in [-0.2, -0.15) is 0 Å². The number of amides is 1. The van der Waals surface area contributed by atoms with Gasteiger partial charge in [-0.05, 0) is 43.5 Å². The van der Waals surface area contributed by atoms with E-state index in [1.54, 1.807) is 7.11 Å². The van der Waals surface area contributed by atoms with Crippen LogP contribution in [0.25, 0.3) is 11.3 Å². The number of aromatic nitrogens is 1. The van der Waals surface area contributed by atoms with E-state index in [-0.39, 0.29) is 5.91 Å². The SMILES string of the molecule is COc1ccc(-c2cc(CC(=O)N3CCCCC3)no2)cc1. The number of ether oxygens (including phenoxy) is 1. The zero-order valence-electron chi connectivity index (χ0n) is 12.7. The highest BCUT2D eigenvalue weighted by molar-refractivity contribution is 5.78. The van der Waals surface area contributed by atoms with Crippen molar-refractivity contribution in [1.29, 1.82) is 0 Å². The number of methoxy groups -OCH3 is 1. The molecule has 5 heteroatoms. The van der Waals surface area contributed by atoms with Gasteiger partial charge in [-0.1, -0.05) is 5.16 Å². The van der Waals surface area contributed by atoms with E-state index in [2.05, 4.69) is 5.16 Å². The molecule has 1 aliphatic heterocycles. The zero-order chi connectivity index (χ0) is 15.4. The molecule has 2 heterocycles. The number of carbonyl (C=O) groups excluding carboxylic acids is 1. The summed E-state index contributed by atoms with van der Waals surface area (Å²) in [6.45, 7) is 1.73. The molecule has 5 nitrogen and oxygen atoms in total. The molecule has 0 N–H and O–H groups in total. The summed E-state index contributed by atoms with van der Waals surface area (Å²) in [5.41, 5.74) is 1.60. The van der Waals surface area contributed by atoms with Crippen LogP contribution >= 0.6 is 0 Å². The van der Waals surface area contributed by atoms with Gasteiger partial charge in [0, 0.05) is 24.7 Å². The third kappa shape index (κ3) is 3.30. The van der Waals surface area contributed by atoms with Crippen LogP contribution in [0.5, 0.6) is 5.75 Å². The van der Waals surface area contributed by atoms with Crippen LogP contribution in [0.4, 0.5) is 0 Å². The largest absolute Gasteiger partial charge is 0.497 e. The average Bonchev–Trinajstić information content (AvgIpc) is 3.04. The fourth-order valence-corrected chi connectivity index (χ4v) is 2.70. The number of piperidine rings is 1. The van der Waals surface area contributed by atoms with E-state index < -0.39 is 0 Å². The van der Waals surface area contributed by atoms with Crippen molar-refractivity contribution in [3.05, 3.63) is 36.0 Å². The van der Waals surface area contributed by atoms with Crippen molar-refractivity contribution in [2.24, 2.45) is 0 Å². The molecule has 1 aromatic heterocycles. The normalized spacial score (nSPS) is 14.9. The van der Waals surface area contributed by atoms with Gasteiger partial charge in [-0.15, -0.1) is 0 Å². The van der Waals surface area contributed by atoms with Crippen LogP contribution in [0.1, 0.15) is 25.0 Å². The van der Waals surface area contributed by atoms with E-state index >= 15 is 0 Å². The Hall–Kier alpha value is -2.30. The minimum atomic E-state index is 0.134. The van der Waals surface area contributed by atoms with E-state index in [9.17, 15) is 4.79 Å². The standard InChI is InChI=1S/C17H20N2O3/c1-21-15-7-5-13(6-8-15)16-11-14(18-22-16)12-17(20)19-9-3-2-4-10-19/h5-8,11H,2-4,9-10,12H2,1H3. The third-order valence-corrected chi connectivity index (χ3v) is 3.97. The van der Waals surface area contributed by atoms with E-state index in [1.807, 2.05) is 35.2 Å². The first-order valence-electron chi connectivity index (χ1n) is 7.64. The van der Waals surface area contributed by atoms with Crippen LogP contribution in [-0.4, -0.2) is 36.2 Å². The minimum absolute atomic E-state index is 0.134. The molecule has 1 amide bonds. The molecule has 22 heavy (non-hydrogen) atoms. The predicted molar refractivity (Wildman–Crippen MR) is 82.6 cm³/mol. The van der Waals surface area contributed by atoms with Crippen molar-refractivity contribution in [2.75, 3.05) is 20.2 Å². The Morgan fingerprint density at radius 3 is 2.64 bits per heavy atom. The summed E-state index contributed by atoms with van der Waals surface area (Å²) in [6, 6.07) is 9.40. The molecule has 0 radical (unpaired) electrons. The fraction of sp³-hybridized carbons (Fsp3) is 0.412. The number of likely N-dealkylation sites (tertiary alicyclic amines) is 1. The minimum Gasteiger partial charge on any atom is -0.497 e. The second kappa shape index (κ2) is 6.64. The summed E-state index contributed by atoms with van der Waals surface area (Å²) in [6.07, 6.45) is 3.72. The van der Waals surface area contributed by atoms with E-state index in [4.69, 9.17) is 9.26 Å². The van der Waals surface area contributed by atoms with Crippen LogP contribution in [0, 0.1) is 0 Å². The Kier molecular flexibility index (Phi) is 4.42. The smallest absolute Gasteiger partial charge is 0.228 e. The molecular weight excluding hydrogens is 280 g/mol. The molecular formula is C17H20N2O3. The summed E-state index contributed by atoms with van der Waals surface area (Å²) in [5.74, 6) is 1.60. The second-order valence-electron chi connectivity index (χ2n) is 5.53. The summed E-state index contributed by atoms with van der Waals surface area (Å²) < 4.78 is 10.5. The number of rotatable bonds is 4. The van der Waals surface area contributed by atoms with Crippen LogP contribution in [-0.2, 0) is 11.2 Å². The highest BCUT2D eigenvalue weighted by Crippen LogP contribution is 2.23. The van der Waals surface area contributed by atoms with Gasteiger partial charge in [-0.3, -0.25) is 4.79 Å². The maximum atomic E-state index is 12.2. The number of nitrogens with zero attached hydrogens (tertiary/aromatic N) is 2. The molecule has 0 aliphatic carbocycles. The second-order valence-corrected chi connectivity index (χ2v) is 5.53. The Bertz CT molecular complexity index is 628. The van der Waals surface area contributed by atoms with Crippen molar-refractivity contribution in [2.45, 2.75) is 25.7 Å². The number of benzene rings is 1. The Morgan fingerprint density at radius 1 is 1.23 bits per heavy atom. The molecule has 2 aromatic rings. The maximum absolute atomic E-state index is 12.2. The summed E-state index contributed by atoms with van der Waals surface area (Å²) in [4.78, 5) is 14.1. The van der Waals surface area contributed by atoms with Crippen molar-refractivity contribution >= 4 is 5.91 Å². The van der Waals surface area contributed by atoms with Crippen molar-refractivity contribution in [1.82, 2.24) is 10.1 Å². The van der Waals surface area contributed by atoms with E-state index in [0.29, 0.717) is 17.9 Å². The molecule has 1 aromatic carbocycles. The number of carbonyl (C=O) groups is 1. The predicted octanol–water partition coefficient (Wildman–Crippen LogP) is 2.91. The van der Waals surface area contributed by atoms with Crippen molar-refractivity contribution < 1.29 is 14.1 Å². The van der Waals surface area contributed by atoms with Gasteiger partial charge in [0.05, 0.1) is 19.2 Å². The van der Waals surface area contributed by atoms with Crippen LogP contribution < -0.4 is 4.74 Å². The molecule has 1 saturated heterocycles. The molecule has 0 atom stereocenters. The Morgan fingerprint density at radius 2 is 1.95 bits per heavy atom. The summed E-state index contributed by atoms with van der Waals surface area (Å²) in [7, 11) is 1.63. The lowest BCUT2D eigenvalue weighted by Crippen LogP contribution is -2.36. The van der Waals surface area contributed by atoms with Crippen molar-refractivity contribution in [3.63, 3.8) is 0 Å². The van der Waals surface area contributed by atoms with Crippen molar-refractivity contribution in [3.8, 4) is 17.1 Å². The molecule has 0 spiro atoms. The quantitative estimate of drug-likeness (QED) is 0.871. The van der Waals surface area contributed by atoms with E-state index in [1.165, 1.54) is 6.42 Å². The van der Waals surface area contributed by atoms with E-state index in [0.717, 1.165) is 37.2 Å². The lowest BCUT2D eigenvalue weighted by molar-refractivity contribution is -0.131. The highest BCUT2D eigenvalue weighted by atomic mass is 16.5. The van der Waals surface area contributed by atoms with Gasteiger partial charge in [0.25, 0.3) is 0 Å². The molecule has 0 saturated carbocycles. The fourth-order valence-electron chi connectivity index (χ4n) is 2.70. The first-order chi connectivity index (χ1) is 10.8. The molecule has 116 valence electrons. The summed E-state index contributed by atoms with van der Waals surface area (Å²) in [5, 5.41) is 4.02. The van der Waals surface area contributed by atoms with Gasteiger partial charge >= 0.3 is 0 Å². The van der Waals surface area contributed by atoms with Gasteiger partial charge in [0.2, 0.25) is 5.91 Å². The molecule has 1 aliphatic rings. The lowest BCUT2D eigenvalue weighted by atomic mass is 10.1. The molecule has 1 fully saturated rings. The number of hydrogen-bond acceptors (Lipinski definition) is 4. The van der Waals surface area contributed by atoms with Crippen LogP contribution in [0.2, 0.25) is 0 Å². The average molecular weight is 300 g/mol. The lowest BCUT2D eigenvalue weighted by Gasteiger charge is -2.26. The summed E-state index contributed by atoms with van der Waals surface area (Å²) >= 11 is 0. The van der Waals surface area contributed by atoms with Gasteiger partial charge in [0.15, 0.2) is 5.76 Å². The molecule has 3 rings (SSSR count). The maximum Gasteiger partial charge on any atom is 0.228 e. The Balaban J connectivity index is 1.66.